The lowest BCUT2D eigenvalue weighted by molar-refractivity contribution is 0.429. The van der Waals surface area contributed by atoms with Crippen LogP contribution in [0.4, 0.5) is 4.39 Å². The molecule has 0 spiro atoms. The summed E-state index contributed by atoms with van der Waals surface area (Å²) in [6, 6.07) is 4.60. The number of benzene rings is 1. The molecule has 1 aromatic rings. The van der Waals surface area contributed by atoms with Crippen LogP contribution in [0, 0.1) is 12.7 Å². The van der Waals surface area contributed by atoms with Crippen molar-refractivity contribution in [2.45, 2.75) is 6.92 Å². The van der Waals surface area contributed by atoms with Crippen LogP contribution in [-0.2, 0) is 0 Å². The fourth-order valence-corrected chi connectivity index (χ4v) is 0.864. The summed E-state index contributed by atoms with van der Waals surface area (Å²) in [5.74, 6) is -0.325. The molecular weight excluding hydrogens is 146 g/mol. The third-order valence-electron chi connectivity index (χ3n) is 1.37. The summed E-state index contributed by atoms with van der Waals surface area (Å²) in [4.78, 5) is 0. The van der Waals surface area contributed by atoms with Crippen molar-refractivity contribution in [3.05, 3.63) is 29.6 Å². The Morgan fingerprint density at radius 1 is 1.55 bits per heavy atom. The molecule has 0 radical (unpaired) electrons. The van der Waals surface area contributed by atoms with Crippen molar-refractivity contribution in [2.75, 3.05) is 0 Å². The standard InChI is InChI=1S/C7H8BFO2/c1-5-3-2-4-6(9)7(5)11-8-10/h2-4,8,10H,1H3. The van der Waals surface area contributed by atoms with E-state index in [0.29, 0.717) is 5.56 Å². The molecule has 0 fully saturated rings. The van der Waals surface area contributed by atoms with E-state index in [4.69, 9.17) is 5.02 Å². The fraction of sp³-hybridized carbons (Fsp3) is 0.143. The van der Waals surface area contributed by atoms with E-state index < -0.39 is 13.5 Å². The van der Waals surface area contributed by atoms with Gasteiger partial charge in [-0.05, 0) is 18.6 Å². The second-order valence-electron chi connectivity index (χ2n) is 2.16. The summed E-state index contributed by atoms with van der Waals surface area (Å²) in [6.07, 6.45) is 0. The molecule has 0 heterocycles. The molecule has 11 heavy (non-hydrogen) atoms. The van der Waals surface area contributed by atoms with Gasteiger partial charge in [-0.2, -0.15) is 0 Å². The minimum Gasteiger partial charge on any atom is -0.537 e. The quantitative estimate of drug-likeness (QED) is 0.637. The number of hydrogen-bond donors (Lipinski definition) is 1. The Bertz CT molecular complexity index is 232. The van der Waals surface area contributed by atoms with Crippen molar-refractivity contribution >= 4 is 7.69 Å². The van der Waals surface area contributed by atoms with Crippen LogP contribution in [-0.4, -0.2) is 12.7 Å². The maximum Gasteiger partial charge on any atom is 0.504 e. The van der Waals surface area contributed by atoms with Crippen LogP contribution in [0.25, 0.3) is 0 Å². The smallest absolute Gasteiger partial charge is 0.504 e. The predicted molar refractivity (Wildman–Crippen MR) is 41.1 cm³/mol. The Balaban J connectivity index is 3.00. The van der Waals surface area contributed by atoms with Gasteiger partial charge >= 0.3 is 7.69 Å². The van der Waals surface area contributed by atoms with E-state index in [2.05, 4.69) is 4.65 Å². The van der Waals surface area contributed by atoms with Gasteiger partial charge < -0.3 is 9.68 Å². The highest BCUT2D eigenvalue weighted by Gasteiger charge is 2.04. The van der Waals surface area contributed by atoms with Crippen LogP contribution < -0.4 is 4.65 Å². The summed E-state index contributed by atoms with van der Waals surface area (Å²) in [5, 5.41) is 8.38. The van der Waals surface area contributed by atoms with Gasteiger partial charge in [0.2, 0.25) is 0 Å². The zero-order valence-corrected chi connectivity index (χ0v) is 6.17. The molecule has 0 aliphatic rings. The molecule has 0 saturated carbocycles. The van der Waals surface area contributed by atoms with Crippen molar-refractivity contribution < 1.29 is 14.1 Å². The van der Waals surface area contributed by atoms with Gasteiger partial charge in [0.05, 0.1) is 0 Å². The molecule has 0 unspecified atom stereocenters. The van der Waals surface area contributed by atoms with Gasteiger partial charge in [-0.3, -0.25) is 0 Å². The van der Waals surface area contributed by atoms with Crippen molar-refractivity contribution in [3.8, 4) is 5.75 Å². The molecule has 1 N–H and O–H groups in total. The lowest BCUT2D eigenvalue weighted by Gasteiger charge is -2.05. The van der Waals surface area contributed by atoms with Crippen molar-refractivity contribution in [3.63, 3.8) is 0 Å². The lowest BCUT2D eigenvalue weighted by Crippen LogP contribution is -2.03. The van der Waals surface area contributed by atoms with E-state index in [9.17, 15) is 4.39 Å². The first-order valence-electron chi connectivity index (χ1n) is 3.24. The van der Waals surface area contributed by atoms with Gasteiger partial charge in [-0.15, -0.1) is 0 Å². The van der Waals surface area contributed by atoms with E-state index >= 15 is 0 Å². The number of aryl methyl sites for hydroxylation is 1. The topological polar surface area (TPSA) is 29.5 Å². The largest absolute Gasteiger partial charge is 0.537 e. The molecule has 2 nitrogen and oxygen atoms in total. The van der Waals surface area contributed by atoms with Crippen LogP contribution in [0.5, 0.6) is 5.75 Å². The van der Waals surface area contributed by atoms with E-state index in [0.717, 1.165) is 0 Å². The van der Waals surface area contributed by atoms with E-state index in [1.54, 1.807) is 19.1 Å². The van der Waals surface area contributed by atoms with Gasteiger partial charge in [0.25, 0.3) is 0 Å². The Morgan fingerprint density at radius 2 is 2.27 bits per heavy atom. The minimum absolute atomic E-state index is 0.120. The van der Waals surface area contributed by atoms with Crippen LogP contribution in [0.15, 0.2) is 18.2 Å². The molecular formula is C7H8BFO2. The Kier molecular flexibility index (Phi) is 2.49. The lowest BCUT2D eigenvalue weighted by atomic mass is 10.2. The highest BCUT2D eigenvalue weighted by Crippen LogP contribution is 2.20. The Morgan fingerprint density at radius 3 is 2.82 bits per heavy atom. The third kappa shape index (κ3) is 1.71. The second-order valence-corrected chi connectivity index (χ2v) is 2.16. The molecule has 0 saturated heterocycles. The molecule has 0 aliphatic heterocycles. The maximum absolute atomic E-state index is 12.8. The second kappa shape index (κ2) is 3.39. The summed E-state index contributed by atoms with van der Waals surface area (Å²) >= 11 is 0. The molecule has 0 atom stereocenters. The van der Waals surface area contributed by atoms with Crippen LogP contribution in [0.3, 0.4) is 0 Å². The third-order valence-corrected chi connectivity index (χ3v) is 1.37. The van der Waals surface area contributed by atoms with Gasteiger partial charge in [0.15, 0.2) is 5.82 Å². The van der Waals surface area contributed by atoms with Gasteiger partial charge in [0, 0.05) is 0 Å². The Hall–Kier alpha value is -1.03. The fourth-order valence-electron chi connectivity index (χ4n) is 0.864. The first-order chi connectivity index (χ1) is 5.25. The van der Waals surface area contributed by atoms with E-state index in [1.165, 1.54) is 6.07 Å². The molecule has 0 amide bonds. The minimum atomic E-state index is -0.498. The maximum atomic E-state index is 12.8. The summed E-state index contributed by atoms with van der Waals surface area (Å²) in [6.45, 7) is 1.72. The van der Waals surface area contributed by atoms with E-state index in [1.807, 2.05) is 0 Å². The average molecular weight is 154 g/mol. The summed E-state index contributed by atoms with van der Waals surface area (Å²) in [7, 11) is -0.498. The Labute approximate surface area is 64.9 Å². The number of para-hydroxylation sites is 1. The molecule has 4 heteroatoms. The highest BCUT2D eigenvalue weighted by atomic mass is 19.1. The zero-order chi connectivity index (χ0) is 8.27. The van der Waals surface area contributed by atoms with Gasteiger partial charge in [0.1, 0.15) is 5.75 Å². The van der Waals surface area contributed by atoms with Crippen LogP contribution in [0.2, 0.25) is 0 Å². The van der Waals surface area contributed by atoms with Crippen molar-refractivity contribution in [1.29, 1.82) is 0 Å². The normalized spacial score (nSPS) is 9.36. The SMILES string of the molecule is Cc1cccc(F)c1OBO. The molecule has 0 aliphatic carbocycles. The number of hydrogen-bond acceptors (Lipinski definition) is 2. The molecule has 1 aromatic carbocycles. The van der Waals surface area contributed by atoms with Gasteiger partial charge in [-0.1, -0.05) is 12.1 Å². The average Bonchev–Trinajstić information content (AvgIpc) is 1.97. The first kappa shape index (κ1) is 8.08. The van der Waals surface area contributed by atoms with Crippen molar-refractivity contribution in [1.82, 2.24) is 0 Å². The number of halogens is 1. The molecule has 0 bridgehead atoms. The van der Waals surface area contributed by atoms with Crippen molar-refractivity contribution in [2.24, 2.45) is 0 Å². The predicted octanol–water partition coefficient (Wildman–Crippen LogP) is 0.772. The van der Waals surface area contributed by atoms with Gasteiger partial charge in [-0.25, -0.2) is 4.39 Å². The van der Waals surface area contributed by atoms with Crippen LogP contribution in [0.1, 0.15) is 5.56 Å². The monoisotopic (exact) mass is 154 g/mol. The van der Waals surface area contributed by atoms with E-state index in [-0.39, 0.29) is 5.75 Å². The number of rotatable bonds is 2. The molecule has 0 aromatic heterocycles. The van der Waals surface area contributed by atoms with Crippen LogP contribution >= 0.6 is 0 Å². The molecule has 58 valence electrons. The summed E-state index contributed by atoms with van der Waals surface area (Å²) in [5.41, 5.74) is 0.680. The molecule has 1 rings (SSSR count). The first-order valence-corrected chi connectivity index (χ1v) is 3.24. The highest BCUT2D eigenvalue weighted by molar-refractivity contribution is 6.17. The zero-order valence-electron chi connectivity index (χ0n) is 6.17. The summed E-state index contributed by atoms with van der Waals surface area (Å²) < 4.78 is 17.4.